The number of sulfonamides is 1. The van der Waals surface area contributed by atoms with Gasteiger partial charge in [-0.2, -0.15) is 0 Å². The van der Waals surface area contributed by atoms with Crippen molar-refractivity contribution in [3.05, 3.63) is 126 Å². The van der Waals surface area contributed by atoms with Crippen molar-refractivity contribution in [3.8, 4) is 17.2 Å². The molecule has 0 fully saturated rings. The highest BCUT2D eigenvalue weighted by Gasteiger charge is 2.26. The number of carbonyl (C=O) groups excluding carboxylic acids is 1. The molecule has 5 rings (SSSR count). The van der Waals surface area contributed by atoms with Crippen LogP contribution in [0.2, 0.25) is 0 Å². The number of aryl methyl sites for hydroxylation is 1. The number of nitrogens with zero attached hydrogens (tertiary/aromatic N) is 2. The van der Waals surface area contributed by atoms with Gasteiger partial charge in [-0.1, -0.05) is 48.5 Å². The first-order valence-electron chi connectivity index (χ1n) is 12.9. The van der Waals surface area contributed by atoms with Gasteiger partial charge in [0.25, 0.3) is 15.9 Å². The predicted molar refractivity (Wildman–Crippen MR) is 151 cm³/mol. The van der Waals surface area contributed by atoms with E-state index < -0.39 is 22.0 Å². The predicted octanol–water partition coefficient (Wildman–Crippen LogP) is 5.36. The number of benzene rings is 3. The van der Waals surface area contributed by atoms with Crippen molar-refractivity contribution in [1.29, 1.82) is 0 Å². The second kappa shape index (κ2) is 12.0. The highest BCUT2D eigenvalue weighted by Crippen LogP contribution is 2.23. The van der Waals surface area contributed by atoms with Crippen LogP contribution in [-0.4, -0.2) is 30.5 Å². The number of hydrogen-bond donors (Lipinski definition) is 1. The Morgan fingerprint density at radius 1 is 0.925 bits per heavy atom. The van der Waals surface area contributed by atoms with Gasteiger partial charge in [0, 0.05) is 30.8 Å². The molecule has 0 aliphatic rings. The molecule has 0 aliphatic carbocycles. The largest absolute Gasteiger partial charge is 0.493 e. The van der Waals surface area contributed by atoms with Crippen molar-refractivity contribution in [3.63, 3.8) is 0 Å². The van der Waals surface area contributed by atoms with E-state index in [-0.39, 0.29) is 4.90 Å². The molecule has 0 bridgehead atoms. The first kappa shape index (κ1) is 27.0. The van der Waals surface area contributed by atoms with E-state index in [1.807, 2.05) is 61.5 Å². The number of carbonyl (C=O) groups is 1. The van der Waals surface area contributed by atoms with E-state index in [4.69, 9.17) is 9.15 Å². The minimum atomic E-state index is -3.99. The molecule has 204 valence electrons. The summed E-state index contributed by atoms with van der Waals surface area (Å²) in [5, 5.41) is 0. The van der Waals surface area contributed by atoms with Crippen molar-refractivity contribution in [2.45, 2.75) is 30.7 Å². The van der Waals surface area contributed by atoms with Gasteiger partial charge in [0.1, 0.15) is 17.6 Å². The topological polar surface area (TPSA) is 103 Å². The number of amides is 1. The van der Waals surface area contributed by atoms with Crippen molar-refractivity contribution in [2.75, 3.05) is 6.61 Å². The molecule has 8 nitrogen and oxygen atoms in total. The lowest BCUT2D eigenvalue weighted by Gasteiger charge is -2.19. The lowest BCUT2D eigenvalue weighted by atomic mass is 10.1. The van der Waals surface area contributed by atoms with Gasteiger partial charge in [0.05, 0.1) is 17.2 Å². The van der Waals surface area contributed by atoms with Crippen LogP contribution in [0, 0.1) is 6.92 Å². The molecule has 9 heteroatoms. The highest BCUT2D eigenvalue weighted by molar-refractivity contribution is 7.90. The van der Waals surface area contributed by atoms with Crippen LogP contribution in [0.1, 0.15) is 23.1 Å². The fraction of sp³-hybridized carbons (Fsp3) is 0.161. The van der Waals surface area contributed by atoms with Crippen molar-refractivity contribution in [2.24, 2.45) is 0 Å². The fourth-order valence-corrected chi connectivity index (χ4v) is 5.36. The number of rotatable bonds is 11. The maximum Gasteiger partial charge on any atom is 0.264 e. The smallest absolute Gasteiger partial charge is 0.264 e. The quantitative estimate of drug-likeness (QED) is 0.235. The molecule has 2 aromatic heterocycles. The van der Waals surface area contributed by atoms with Gasteiger partial charge in [-0.05, 0) is 61.0 Å². The maximum absolute atomic E-state index is 13.1. The molecule has 0 saturated heterocycles. The fourth-order valence-electron chi connectivity index (χ4n) is 4.32. The molecule has 40 heavy (non-hydrogen) atoms. The molecule has 1 unspecified atom stereocenters. The highest BCUT2D eigenvalue weighted by atomic mass is 32.2. The second-order valence-electron chi connectivity index (χ2n) is 9.26. The zero-order valence-corrected chi connectivity index (χ0v) is 22.8. The Kier molecular flexibility index (Phi) is 8.12. The minimum absolute atomic E-state index is 0.0354. The standard InChI is InChI=1S/C31H29N3O5S/c1-23-28(32-31(39-23)25-10-4-2-5-11-25)18-21-38-26-16-14-24(15-17-26)22-29(34-19-8-9-20-34)30(35)33-40(36,37)27-12-6-3-7-13-27/h2-17,19-20,29H,18,21-22H2,1H3,(H,33,35). The van der Waals surface area contributed by atoms with E-state index in [0.717, 1.165) is 22.6 Å². The number of aromatic nitrogens is 2. The molecule has 0 radical (unpaired) electrons. The van der Waals surface area contributed by atoms with E-state index in [0.29, 0.717) is 31.1 Å². The summed E-state index contributed by atoms with van der Waals surface area (Å²) in [6.45, 7) is 2.32. The number of hydrogen-bond acceptors (Lipinski definition) is 6. The van der Waals surface area contributed by atoms with Crippen LogP contribution in [0.4, 0.5) is 0 Å². The summed E-state index contributed by atoms with van der Waals surface area (Å²) in [5.41, 5.74) is 2.64. The summed E-state index contributed by atoms with van der Waals surface area (Å²) in [6.07, 6.45) is 4.37. The monoisotopic (exact) mass is 555 g/mol. The average molecular weight is 556 g/mol. The molecule has 0 aliphatic heterocycles. The van der Waals surface area contributed by atoms with E-state index in [1.54, 1.807) is 47.3 Å². The van der Waals surface area contributed by atoms with E-state index >= 15 is 0 Å². The molecule has 1 N–H and O–H groups in total. The normalized spacial score (nSPS) is 12.1. The van der Waals surface area contributed by atoms with Crippen LogP contribution >= 0.6 is 0 Å². The van der Waals surface area contributed by atoms with Gasteiger partial charge in [0.15, 0.2) is 0 Å². The summed E-state index contributed by atoms with van der Waals surface area (Å²) >= 11 is 0. The molecule has 0 saturated carbocycles. The molecular weight excluding hydrogens is 526 g/mol. The van der Waals surface area contributed by atoms with Crippen LogP contribution in [0.25, 0.3) is 11.5 Å². The summed E-state index contributed by atoms with van der Waals surface area (Å²) in [5.74, 6) is 1.43. The minimum Gasteiger partial charge on any atom is -0.493 e. The van der Waals surface area contributed by atoms with Crippen LogP contribution in [-0.2, 0) is 27.7 Å². The number of oxazole rings is 1. The molecular formula is C31H29N3O5S. The van der Waals surface area contributed by atoms with Crippen LogP contribution < -0.4 is 9.46 Å². The Morgan fingerprint density at radius 2 is 1.57 bits per heavy atom. The number of ether oxygens (including phenoxy) is 1. The van der Waals surface area contributed by atoms with Gasteiger partial charge < -0.3 is 13.7 Å². The zero-order valence-electron chi connectivity index (χ0n) is 21.9. The van der Waals surface area contributed by atoms with Gasteiger partial charge in [-0.15, -0.1) is 0 Å². The van der Waals surface area contributed by atoms with Crippen LogP contribution in [0.15, 0.2) is 119 Å². The van der Waals surface area contributed by atoms with Crippen molar-refractivity contribution in [1.82, 2.24) is 14.3 Å². The third-order valence-electron chi connectivity index (χ3n) is 6.45. The van der Waals surface area contributed by atoms with Gasteiger partial charge in [0.2, 0.25) is 5.89 Å². The molecule has 5 aromatic rings. The molecule has 1 amide bonds. The second-order valence-corrected chi connectivity index (χ2v) is 10.9. The van der Waals surface area contributed by atoms with Crippen LogP contribution in [0.3, 0.4) is 0 Å². The Balaban J connectivity index is 1.21. The number of nitrogens with one attached hydrogen (secondary N) is 1. The lowest BCUT2D eigenvalue weighted by molar-refractivity contribution is -0.122. The van der Waals surface area contributed by atoms with Crippen molar-refractivity contribution >= 4 is 15.9 Å². The lowest BCUT2D eigenvalue weighted by Crippen LogP contribution is -2.37. The van der Waals surface area contributed by atoms with E-state index in [2.05, 4.69) is 9.71 Å². The van der Waals surface area contributed by atoms with Crippen molar-refractivity contribution < 1.29 is 22.4 Å². The third kappa shape index (κ3) is 6.50. The first-order valence-corrected chi connectivity index (χ1v) is 14.3. The molecule has 3 aromatic carbocycles. The summed E-state index contributed by atoms with van der Waals surface area (Å²) in [7, 11) is -3.99. The van der Waals surface area contributed by atoms with Crippen LogP contribution in [0.5, 0.6) is 5.75 Å². The van der Waals surface area contributed by atoms with Gasteiger partial charge >= 0.3 is 0 Å². The van der Waals surface area contributed by atoms with Gasteiger partial charge in [-0.25, -0.2) is 18.1 Å². The Labute approximate surface area is 233 Å². The third-order valence-corrected chi connectivity index (χ3v) is 7.81. The molecule has 1 atom stereocenters. The Bertz CT molecular complexity index is 1650. The molecule has 2 heterocycles. The van der Waals surface area contributed by atoms with Gasteiger partial charge in [-0.3, -0.25) is 4.79 Å². The summed E-state index contributed by atoms with van der Waals surface area (Å²) < 4.78 is 41.2. The zero-order chi connectivity index (χ0) is 28.0. The van der Waals surface area contributed by atoms with E-state index in [9.17, 15) is 13.2 Å². The Morgan fingerprint density at radius 3 is 2.25 bits per heavy atom. The summed E-state index contributed by atoms with van der Waals surface area (Å²) in [6, 6.07) is 27.9. The maximum atomic E-state index is 13.1. The average Bonchev–Trinajstić information content (AvgIpc) is 3.63. The SMILES string of the molecule is Cc1oc(-c2ccccc2)nc1CCOc1ccc(CC(C(=O)NS(=O)(=O)c2ccccc2)n2cccc2)cc1. The summed E-state index contributed by atoms with van der Waals surface area (Å²) in [4.78, 5) is 17.8. The first-order chi connectivity index (χ1) is 19.4. The van der Waals surface area contributed by atoms with E-state index in [1.165, 1.54) is 12.1 Å². The Hall–Kier alpha value is -4.63. The molecule has 0 spiro atoms.